The van der Waals surface area contributed by atoms with Gasteiger partial charge in [-0.2, -0.15) is 0 Å². The number of nitro benzene ring substituents is 1. The third kappa shape index (κ3) is 3.63. The number of allylic oxidation sites excluding steroid dienone is 1. The number of hydrogen-bond donors (Lipinski definition) is 0. The minimum atomic E-state index is -0.404. The van der Waals surface area contributed by atoms with E-state index < -0.39 is 4.92 Å². The molecule has 2 aromatic rings. The van der Waals surface area contributed by atoms with E-state index >= 15 is 0 Å². The Labute approximate surface area is 160 Å². The zero-order valence-corrected chi connectivity index (χ0v) is 16.5. The van der Waals surface area contributed by atoms with Gasteiger partial charge in [-0.1, -0.05) is 12.1 Å². The van der Waals surface area contributed by atoms with Crippen molar-refractivity contribution in [3.05, 3.63) is 69.3 Å². The Kier molecular flexibility index (Phi) is 4.87. The van der Waals surface area contributed by atoms with Crippen LogP contribution in [0.4, 0.5) is 17.1 Å². The summed E-state index contributed by atoms with van der Waals surface area (Å²) in [6.07, 6.45) is 4.09. The number of anilines is 1. The molecule has 3 rings (SSSR count). The summed E-state index contributed by atoms with van der Waals surface area (Å²) in [5.41, 5.74) is 6.46. The summed E-state index contributed by atoms with van der Waals surface area (Å²) >= 11 is 0. The lowest BCUT2D eigenvalue weighted by molar-refractivity contribution is -0.384. The average molecular weight is 363 g/mol. The zero-order valence-electron chi connectivity index (χ0n) is 16.5. The smallest absolute Gasteiger partial charge is 0.271 e. The molecular formula is C22H25N3O2. The highest BCUT2D eigenvalue weighted by Gasteiger charge is 2.30. The fraction of sp³-hybridized carbons (Fsp3) is 0.318. The van der Waals surface area contributed by atoms with Gasteiger partial charge in [0.2, 0.25) is 0 Å². The molecule has 27 heavy (non-hydrogen) atoms. The Morgan fingerprint density at radius 3 is 2.63 bits per heavy atom. The number of benzene rings is 2. The number of rotatable bonds is 4. The van der Waals surface area contributed by atoms with Gasteiger partial charge in [0.15, 0.2) is 0 Å². The maximum Gasteiger partial charge on any atom is 0.271 e. The van der Waals surface area contributed by atoms with Gasteiger partial charge in [-0.3, -0.25) is 15.1 Å². The van der Waals surface area contributed by atoms with Crippen molar-refractivity contribution in [1.82, 2.24) is 0 Å². The number of aryl methyl sites for hydroxylation is 1. The van der Waals surface area contributed by atoms with Gasteiger partial charge in [0.05, 0.1) is 16.1 Å². The van der Waals surface area contributed by atoms with Crippen molar-refractivity contribution >= 4 is 28.8 Å². The van der Waals surface area contributed by atoms with Crippen LogP contribution < -0.4 is 4.90 Å². The van der Waals surface area contributed by atoms with E-state index in [0.29, 0.717) is 5.69 Å². The lowest BCUT2D eigenvalue weighted by Gasteiger charge is -2.43. The standard InChI is InChI=1S/C22H25N3O2/c1-6-24-21-10-15(2)17(11-20(21)16(3)13-22(24,4)5)14-23-18-8-7-9-19(12-18)25(26)27/h7-14H,6H2,1-5H3. The predicted molar refractivity (Wildman–Crippen MR) is 112 cm³/mol. The largest absolute Gasteiger partial charge is 0.363 e. The molecule has 0 saturated carbocycles. The van der Waals surface area contributed by atoms with Crippen LogP contribution in [0, 0.1) is 17.0 Å². The Bertz CT molecular complexity index is 958. The fourth-order valence-electron chi connectivity index (χ4n) is 3.79. The third-order valence-corrected chi connectivity index (χ3v) is 5.07. The number of likely N-dealkylation sites (N-methyl/N-ethyl adjacent to an activating group) is 1. The topological polar surface area (TPSA) is 58.7 Å². The number of nitrogens with zero attached hydrogens (tertiary/aromatic N) is 3. The molecule has 140 valence electrons. The summed E-state index contributed by atoms with van der Waals surface area (Å²) in [6.45, 7) is 11.8. The molecule has 0 N–H and O–H groups in total. The maximum atomic E-state index is 10.9. The number of nitro groups is 1. The van der Waals surface area contributed by atoms with E-state index in [1.54, 1.807) is 18.3 Å². The van der Waals surface area contributed by atoms with Gasteiger partial charge in [0.25, 0.3) is 5.69 Å². The molecule has 0 amide bonds. The summed E-state index contributed by atoms with van der Waals surface area (Å²) in [6, 6.07) is 10.7. The van der Waals surface area contributed by atoms with Crippen molar-refractivity contribution < 1.29 is 4.92 Å². The maximum absolute atomic E-state index is 10.9. The van der Waals surface area contributed by atoms with Crippen molar-refractivity contribution in [2.24, 2.45) is 4.99 Å². The van der Waals surface area contributed by atoms with Gasteiger partial charge in [0, 0.05) is 36.1 Å². The van der Waals surface area contributed by atoms with Crippen molar-refractivity contribution in [2.75, 3.05) is 11.4 Å². The summed E-state index contributed by atoms with van der Waals surface area (Å²) in [4.78, 5) is 17.4. The SMILES string of the molecule is CCN1c2cc(C)c(C=Nc3cccc([N+](=O)[O-])c3)cc2C(C)=CC1(C)C. The molecule has 0 aromatic heterocycles. The zero-order chi connectivity index (χ0) is 19.8. The molecule has 0 atom stereocenters. The number of hydrogen-bond acceptors (Lipinski definition) is 4. The summed E-state index contributed by atoms with van der Waals surface area (Å²) < 4.78 is 0. The lowest BCUT2D eigenvalue weighted by Crippen LogP contribution is -2.45. The highest BCUT2D eigenvalue weighted by atomic mass is 16.6. The van der Waals surface area contributed by atoms with Crippen LogP contribution in [-0.4, -0.2) is 23.2 Å². The third-order valence-electron chi connectivity index (χ3n) is 5.07. The summed E-state index contributed by atoms with van der Waals surface area (Å²) in [7, 11) is 0. The van der Waals surface area contributed by atoms with Crippen LogP contribution in [0.2, 0.25) is 0 Å². The molecule has 0 saturated heterocycles. The van der Waals surface area contributed by atoms with Gasteiger partial charge < -0.3 is 4.90 Å². The van der Waals surface area contributed by atoms with Crippen LogP contribution >= 0.6 is 0 Å². The van der Waals surface area contributed by atoms with Crippen molar-refractivity contribution in [1.29, 1.82) is 0 Å². The normalized spacial score (nSPS) is 15.6. The van der Waals surface area contributed by atoms with Crippen molar-refractivity contribution in [3.8, 4) is 0 Å². The quantitative estimate of drug-likeness (QED) is 0.399. The molecule has 0 unspecified atom stereocenters. The first-order valence-electron chi connectivity index (χ1n) is 9.13. The van der Waals surface area contributed by atoms with E-state index in [2.05, 4.69) is 62.7 Å². The molecule has 5 heteroatoms. The van der Waals surface area contributed by atoms with E-state index in [1.807, 2.05) is 0 Å². The molecule has 5 nitrogen and oxygen atoms in total. The van der Waals surface area contributed by atoms with E-state index in [-0.39, 0.29) is 11.2 Å². The first kappa shape index (κ1) is 18.8. The molecule has 0 bridgehead atoms. The predicted octanol–water partition coefficient (Wildman–Crippen LogP) is 5.68. The lowest BCUT2D eigenvalue weighted by atomic mass is 9.87. The molecule has 0 aliphatic carbocycles. The van der Waals surface area contributed by atoms with Crippen molar-refractivity contribution in [2.45, 2.75) is 40.2 Å². The van der Waals surface area contributed by atoms with Crippen LogP contribution in [0.15, 0.2) is 47.5 Å². The number of fused-ring (bicyclic) bond motifs is 1. The summed E-state index contributed by atoms with van der Waals surface area (Å²) in [5, 5.41) is 10.9. The number of non-ortho nitro benzene ring substituents is 1. The van der Waals surface area contributed by atoms with E-state index in [1.165, 1.54) is 29.0 Å². The molecular weight excluding hydrogens is 338 g/mol. The molecule has 0 fully saturated rings. The van der Waals surface area contributed by atoms with E-state index in [0.717, 1.165) is 17.7 Å². The second kappa shape index (κ2) is 6.99. The minimum Gasteiger partial charge on any atom is -0.363 e. The van der Waals surface area contributed by atoms with Crippen LogP contribution in [0.5, 0.6) is 0 Å². The summed E-state index contributed by atoms with van der Waals surface area (Å²) in [5.74, 6) is 0. The van der Waals surface area contributed by atoms with Crippen LogP contribution in [-0.2, 0) is 0 Å². The highest BCUT2D eigenvalue weighted by molar-refractivity contribution is 5.90. The monoisotopic (exact) mass is 363 g/mol. The van der Waals surface area contributed by atoms with Crippen molar-refractivity contribution in [3.63, 3.8) is 0 Å². The Morgan fingerprint density at radius 2 is 1.96 bits per heavy atom. The molecule has 2 aromatic carbocycles. The molecule has 0 radical (unpaired) electrons. The number of aliphatic imine (C=N–C) groups is 1. The van der Waals surface area contributed by atoms with E-state index in [4.69, 9.17) is 0 Å². The van der Waals surface area contributed by atoms with Gasteiger partial charge in [-0.05, 0) is 69.5 Å². The molecule has 1 heterocycles. The second-order valence-electron chi connectivity index (χ2n) is 7.49. The van der Waals surface area contributed by atoms with Crippen LogP contribution in [0.3, 0.4) is 0 Å². The molecule has 0 spiro atoms. The first-order chi connectivity index (χ1) is 12.7. The van der Waals surface area contributed by atoms with E-state index in [9.17, 15) is 10.1 Å². The first-order valence-corrected chi connectivity index (χ1v) is 9.13. The van der Waals surface area contributed by atoms with Crippen LogP contribution in [0.1, 0.15) is 44.4 Å². The molecule has 1 aliphatic heterocycles. The van der Waals surface area contributed by atoms with Gasteiger partial charge in [-0.15, -0.1) is 0 Å². The van der Waals surface area contributed by atoms with Gasteiger partial charge in [0.1, 0.15) is 0 Å². The van der Waals surface area contributed by atoms with Gasteiger partial charge >= 0.3 is 0 Å². The van der Waals surface area contributed by atoms with Crippen LogP contribution in [0.25, 0.3) is 5.57 Å². The molecule has 1 aliphatic rings. The Hall–Kier alpha value is -2.95. The Balaban J connectivity index is 2.01. The fourth-order valence-corrected chi connectivity index (χ4v) is 3.79. The van der Waals surface area contributed by atoms with Gasteiger partial charge in [-0.25, -0.2) is 0 Å². The minimum absolute atomic E-state index is 0.0170. The Morgan fingerprint density at radius 1 is 1.22 bits per heavy atom. The average Bonchev–Trinajstić information content (AvgIpc) is 2.60. The second-order valence-corrected chi connectivity index (χ2v) is 7.49. The highest BCUT2D eigenvalue weighted by Crippen LogP contribution is 2.39.